The molecule has 3 heteroatoms. The molecular weight excluding hydrogens is 238 g/mol. The molecule has 3 nitrogen and oxygen atoms in total. The second-order valence-corrected chi connectivity index (χ2v) is 4.26. The molecule has 2 aromatic carbocycles. The van der Waals surface area contributed by atoms with Gasteiger partial charge in [-0.3, -0.25) is 4.79 Å². The standard InChI is InChI=1S/C16H17NO2/c1-19-14-7-4-6-13(11-14)16(18)15-8-3-2-5-12(15)9-10-17/h2-8,11H,9-10,17H2,1H3. The van der Waals surface area contributed by atoms with Crippen molar-refractivity contribution in [3.05, 3.63) is 65.2 Å². The number of nitrogens with two attached hydrogens (primary N) is 1. The summed E-state index contributed by atoms with van der Waals surface area (Å²) in [4.78, 5) is 12.5. The van der Waals surface area contributed by atoms with Crippen LogP contribution in [0.3, 0.4) is 0 Å². The fraction of sp³-hybridized carbons (Fsp3) is 0.188. The van der Waals surface area contributed by atoms with Gasteiger partial charge in [0.2, 0.25) is 0 Å². The summed E-state index contributed by atoms with van der Waals surface area (Å²) in [6, 6.07) is 14.8. The zero-order valence-corrected chi connectivity index (χ0v) is 10.9. The summed E-state index contributed by atoms with van der Waals surface area (Å²) in [5, 5.41) is 0. The lowest BCUT2D eigenvalue weighted by molar-refractivity contribution is 0.103. The van der Waals surface area contributed by atoms with E-state index in [1.165, 1.54) is 0 Å². The van der Waals surface area contributed by atoms with Crippen molar-refractivity contribution in [2.75, 3.05) is 13.7 Å². The fourth-order valence-electron chi connectivity index (χ4n) is 2.04. The van der Waals surface area contributed by atoms with E-state index in [4.69, 9.17) is 10.5 Å². The zero-order chi connectivity index (χ0) is 13.7. The Kier molecular flexibility index (Phi) is 4.31. The molecule has 2 N–H and O–H groups in total. The van der Waals surface area contributed by atoms with Crippen molar-refractivity contribution >= 4 is 5.78 Å². The van der Waals surface area contributed by atoms with Crippen LogP contribution >= 0.6 is 0 Å². The summed E-state index contributed by atoms with van der Waals surface area (Å²) < 4.78 is 5.15. The molecule has 0 heterocycles. The fourth-order valence-corrected chi connectivity index (χ4v) is 2.04. The average Bonchev–Trinajstić information content (AvgIpc) is 2.47. The highest BCUT2D eigenvalue weighted by molar-refractivity contribution is 6.10. The third-order valence-electron chi connectivity index (χ3n) is 3.01. The minimum absolute atomic E-state index is 0.00273. The van der Waals surface area contributed by atoms with Crippen LogP contribution in [-0.2, 0) is 6.42 Å². The topological polar surface area (TPSA) is 52.3 Å². The third kappa shape index (κ3) is 3.01. The van der Waals surface area contributed by atoms with Crippen LogP contribution in [0.1, 0.15) is 21.5 Å². The lowest BCUT2D eigenvalue weighted by Gasteiger charge is -2.08. The molecule has 0 spiro atoms. The molecule has 0 saturated carbocycles. The van der Waals surface area contributed by atoms with Gasteiger partial charge in [-0.25, -0.2) is 0 Å². The maximum absolute atomic E-state index is 12.5. The van der Waals surface area contributed by atoms with E-state index in [0.29, 0.717) is 29.8 Å². The molecule has 2 rings (SSSR count). The SMILES string of the molecule is COc1cccc(C(=O)c2ccccc2CCN)c1. The molecule has 98 valence electrons. The molecule has 0 aliphatic rings. The Morgan fingerprint density at radius 3 is 2.68 bits per heavy atom. The van der Waals surface area contributed by atoms with Crippen LogP contribution in [0.5, 0.6) is 5.75 Å². The number of carbonyl (C=O) groups excluding carboxylic acids is 1. The number of hydrogen-bond acceptors (Lipinski definition) is 3. The Labute approximate surface area is 113 Å². The van der Waals surface area contributed by atoms with E-state index < -0.39 is 0 Å². The first kappa shape index (κ1) is 13.3. The summed E-state index contributed by atoms with van der Waals surface area (Å²) in [7, 11) is 1.59. The lowest BCUT2D eigenvalue weighted by atomic mass is 9.96. The summed E-state index contributed by atoms with van der Waals surface area (Å²) in [6.07, 6.45) is 0.700. The number of carbonyl (C=O) groups is 1. The molecule has 0 bridgehead atoms. The van der Waals surface area contributed by atoms with Gasteiger partial charge in [0.15, 0.2) is 5.78 Å². The van der Waals surface area contributed by atoms with Crippen molar-refractivity contribution in [2.24, 2.45) is 5.73 Å². The molecule has 19 heavy (non-hydrogen) atoms. The lowest BCUT2D eigenvalue weighted by Crippen LogP contribution is -2.10. The molecule has 0 unspecified atom stereocenters. The van der Waals surface area contributed by atoms with Crippen molar-refractivity contribution in [1.29, 1.82) is 0 Å². The number of ether oxygens (including phenoxy) is 1. The molecule has 0 saturated heterocycles. The van der Waals surface area contributed by atoms with Crippen LogP contribution < -0.4 is 10.5 Å². The summed E-state index contributed by atoms with van der Waals surface area (Å²) in [6.45, 7) is 0.530. The number of ketones is 1. The van der Waals surface area contributed by atoms with E-state index in [0.717, 1.165) is 5.56 Å². The quantitative estimate of drug-likeness (QED) is 0.835. The van der Waals surface area contributed by atoms with Gasteiger partial charge in [0, 0.05) is 11.1 Å². The predicted octanol–water partition coefficient (Wildman–Crippen LogP) is 2.43. The first-order chi connectivity index (χ1) is 9.26. The van der Waals surface area contributed by atoms with Gasteiger partial charge in [-0.15, -0.1) is 0 Å². The van der Waals surface area contributed by atoms with Gasteiger partial charge in [0.05, 0.1) is 7.11 Å². The Bertz CT molecular complexity index is 578. The maximum Gasteiger partial charge on any atom is 0.193 e. The van der Waals surface area contributed by atoms with E-state index in [-0.39, 0.29) is 5.78 Å². The molecule has 0 atom stereocenters. The summed E-state index contributed by atoms with van der Waals surface area (Å²) in [5.74, 6) is 0.685. The van der Waals surface area contributed by atoms with Crippen LogP contribution in [0.25, 0.3) is 0 Å². The van der Waals surface area contributed by atoms with Gasteiger partial charge in [-0.05, 0) is 30.7 Å². The highest BCUT2D eigenvalue weighted by Gasteiger charge is 2.13. The van der Waals surface area contributed by atoms with Gasteiger partial charge in [-0.2, -0.15) is 0 Å². The summed E-state index contributed by atoms with van der Waals surface area (Å²) >= 11 is 0. The van der Waals surface area contributed by atoms with Gasteiger partial charge in [-0.1, -0.05) is 36.4 Å². The monoisotopic (exact) mass is 255 g/mol. The highest BCUT2D eigenvalue weighted by atomic mass is 16.5. The van der Waals surface area contributed by atoms with Crippen molar-refractivity contribution in [3.8, 4) is 5.75 Å². The van der Waals surface area contributed by atoms with E-state index in [2.05, 4.69) is 0 Å². The average molecular weight is 255 g/mol. The molecule has 0 radical (unpaired) electrons. The van der Waals surface area contributed by atoms with E-state index >= 15 is 0 Å². The van der Waals surface area contributed by atoms with Gasteiger partial charge < -0.3 is 10.5 Å². The molecule has 2 aromatic rings. The Morgan fingerprint density at radius 2 is 1.95 bits per heavy atom. The third-order valence-corrected chi connectivity index (χ3v) is 3.01. The molecule has 0 aliphatic carbocycles. The largest absolute Gasteiger partial charge is 0.497 e. The van der Waals surface area contributed by atoms with Gasteiger partial charge in [0.1, 0.15) is 5.75 Å². The number of benzene rings is 2. The number of methoxy groups -OCH3 is 1. The minimum Gasteiger partial charge on any atom is -0.497 e. The molecule has 0 aromatic heterocycles. The molecule has 0 fully saturated rings. The molecular formula is C16H17NO2. The Morgan fingerprint density at radius 1 is 1.16 bits per heavy atom. The van der Waals surface area contributed by atoms with Crippen molar-refractivity contribution in [1.82, 2.24) is 0 Å². The van der Waals surface area contributed by atoms with Crippen molar-refractivity contribution in [3.63, 3.8) is 0 Å². The van der Waals surface area contributed by atoms with E-state index in [1.54, 1.807) is 19.2 Å². The second-order valence-electron chi connectivity index (χ2n) is 4.26. The minimum atomic E-state index is 0.00273. The van der Waals surface area contributed by atoms with Crippen molar-refractivity contribution in [2.45, 2.75) is 6.42 Å². The van der Waals surface area contributed by atoms with Gasteiger partial charge in [0.25, 0.3) is 0 Å². The Hall–Kier alpha value is -2.13. The number of hydrogen-bond donors (Lipinski definition) is 1. The van der Waals surface area contributed by atoms with Crippen LogP contribution in [0, 0.1) is 0 Å². The van der Waals surface area contributed by atoms with E-state index in [1.807, 2.05) is 36.4 Å². The van der Waals surface area contributed by atoms with E-state index in [9.17, 15) is 4.79 Å². The second kappa shape index (κ2) is 6.16. The smallest absolute Gasteiger partial charge is 0.193 e. The summed E-state index contributed by atoms with van der Waals surface area (Å²) in [5.41, 5.74) is 7.90. The van der Waals surface area contributed by atoms with Crippen LogP contribution in [0.4, 0.5) is 0 Å². The van der Waals surface area contributed by atoms with Crippen molar-refractivity contribution < 1.29 is 9.53 Å². The van der Waals surface area contributed by atoms with Crippen LogP contribution in [-0.4, -0.2) is 19.4 Å². The van der Waals surface area contributed by atoms with Gasteiger partial charge >= 0.3 is 0 Å². The first-order valence-corrected chi connectivity index (χ1v) is 6.23. The molecule has 0 amide bonds. The first-order valence-electron chi connectivity index (χ1n) is 6.23. The maximum atomic E-state index is 12.5. The Balaban J connectivity index is 2.38. The predicted molar refractivity (Wildman–Crippen MR) is 75.6 cm³/mol. The normalized spacial score (nSPS) is 10.2. The zero-order valence-electron chi connectivity index (χ0n) is 10.9. The number of rotatable bonds is 5. The van der Waals surface area contributed by atoms with Crippen LogP contribution in [0.2, 0.25) is 0 Å². The van der Waals surface area contributed by atoms with Crippen LogP contribution in [0.15, 0.2) is 48.5 Å². The molecule has 0 aliphatic heterocycles. The highest BCUT2D eigenvalue weighted by Crippen LogP contribution is 2.18.